The van der Waals surface area contributed by atoms with Crippen LogP contribution in [0.25, 0.3) is 0 Å². The van der Waals surface area contributed by atoms with Gasteiger partial charge in [0.25, 0.3) is 0 Å². The first-order valence-electron chi connectivity index (χ1n) is 6.44. The van der Waals surface area contributed by atoms with E-state index in [-0.39, 0.29) is 13.2 Å². The molecule has 0 saturated heterocycles. The molecule has 1 aromatic rings. The molecular formula is C13H14Cl6O5. The maximum Gasteiger partial charge on any atom is 0.240 e. The van der Waals surface area contributed by atoms with Crippen molar-refractivity contribution in [3.05, 3.63) is 30.3 Å². The third-order valence-corrected chi connectivity index (χ3v) is 3.62. The number of aliphatic hydroxyl groups is 2. The first-order valence-corrected chi connectivity index (χ1v) is 8.71. The van der Waals surface area contributed by atoms with E-state index in [1.165, 1.54) is 0 Å². The van der Waals surface area contributed by atoms with Crippen LogP contribution in [0.2, 0.25) is 0 Å². The summed E-state index contributed by atoms with van der Waals surface area (Å²) >= 11 is 33.1. The molecule has 0 aliphatic rings. The SMILES string of the molecule is OC(OCC(COc1ccccc1)OC(O)C(Cl)(Cl)Cl)C(Cl)(Cl)Cl. The largest absolute Gasteiger partial charge is 0.491 e. The van der Waals surface area contributed by atoms with Gasteiger partial charge in [0.15, 0.2) is 0 Å². The van der Waals surface area contributed by atoms with Gasteiger partial charge in [0.05, 0.1) is 6.61 Å². The minimum absolute atomic E-state index is 0.0889. The van der Waals surface area contributed by atoms with E-state index >= 15 is 0 Å². The second-order valence-electron chi connectivity index (χ2n) is 4.50. The van der Waals surface area contributed by atoms with Crippen molar-refractivity contribution in [2.75, 3.05) is 13.2 Å². The van der Waals surface area contributed by atoms with E-state index in [0.29, 0.717) is 5.75 Å². The van der Waals surface area contributed by atoms with Crippen LogP contribution >= 0.6 is 69.6 Å². The Balaban J connectivity index is 2.64. The van der Waals surface area contributed by atoms with Gasteiger partial charge in [-0.1, -0.05) is 87.8 Å². The molecule has 0 fully saturated rings. The average Bonchev–Trinajstić information content (AvgIpc) is 2.48. The van der Waals surface area contributed by atoms with Crippen LogP contribution < -0.4 is 4.74 Å². The number of alkyl halides is 6. The molecule has 0 radical (unpaired) electrons. The first-order chi connectivity index (χ1) is 11.0. The molecule has 0 amide bonds. The molecule has 11 heteroatoms. The van der Waals surface area contributed by atoms with Crippen molar-refractivity contribution in [3.8, 4) is 5.75 Å². The molecule has 2 N–H and O–H groups in total. The molecule has 0 aliphatic carbocycles. The molecule has 3 unspecified atom stereocenters. The molecule has 3 atom stereocenters. The highest BCUT2D eigenvalue weighted by Crippen LogP contribution is 2.33. The van der Waals surface area contributed by atoms with Crippen molar-refractivity contribution in [1.29, 1.82) is 0 Å². The van der Waals surface area contributed by atoms with Gasteiger partial charge in [0.2, 0.25) is 20.2 Å². The van der Waals surface area contributed by atoms with Crippen LogP contribution in [0.15, 0.2) is 30.3 Å². The molecule has 1 aromatic carbocycles. The topological polar surface area (TPSA) is 68.2 Å². The zero-order valence-electron chi connectivity index (χ0n) is 11.9. The van der Waals surface area contributed by atoms with Crippen LogP contribution in [0.4, 0.5) is 0 Å². The summed E-state index contributed by atoms with van der Waals surface area (Å²) in [5.74, 6) is 0.538. The summed E-state index contributed by atoms with van der Waals surface area (Å²) in [6.45, 7) is -0.395. The lowest BCUT2D eigenvalue weighted by atomic mass is 10.3. The lowest BCUT2D eigenvalue weighted by Crippen LogP contribution is -2.40. The quantitative estimate of drug-likeness (QED) is 0.454. The smallest absolute Gasteiger partial charge is 0.240 e. The van der Waals surface area contributed by atoms with Gasteiger partial charge in [-0.25, -0.2) is 0 Å². The predicted molar refractivity (Wildman–Crippen MR) is 95.4 cm³/mol. The van der Waals surface area contributed by atoms with Crippen molar-refractivity contribution in [1.82, 2.24) is 0 Å². The Bertz CT molecular complexity index is 478. The monoisotopic (exact) mass is 460 g/mol. The highest BCUT2D eigenvalue weighted by Gasteiger charge is 2.36. The fraction of sp³-hybridized carbons (Fsp3) is 0.538. The van der Waals surface area contributed by atoms with Gasteiger partial charge < -0.3 is 24.4 Å². The van der Waals surface area contributed by atoms with Gasteiger partial charge >= 0.3 is 0 Å². The molecule has 24 heavy (non-hydrogen) atoms. The Hall–Kier alpha value is 0.600. The maximum atomic E-state index is 9.71. The number of benzene rings is 1. The number of rotatable bonds is 8. The summed E-state index contributed by atoms with van der Waals surface area (Å²) in [7, 11) is 0. The number of para-hydroxylation sites is 1. The van der Waals surface area contributed by atoms with Crippen LogP contribution in [-0.2, 0) is 9.47 Å². The maximum absolute atomic E-state index is 9.71. The van der Waals surface area contributed by atoms with Gasteiger partial charge in [-0.2, -0.15) is 0 Å². The zero-order valence-corrected chi connectivity index (χ0v) is 16.5. The van der Waals surface area contributed by atoms with E-state index in [1.807, 2.05) is 6.07 Å². The Morgan fingerprint density at radius 1 is 0.833 bits per heavy atom. The number of aliphatic hydroxyl groups excluding tert-OH is 2. The van der Waals surface area contributed by atoms with E-state index in [2.05, 4.69) is 0 Å². The third kappa shape index (κ3) is 8.81. The summed E-state index contributed by atoms with van der Waals surface area (Å²) in [5, 5.41) is 19.3. The molecule has 0 bridgehead atoms. The third-order valence-electron chi connectivity index (χ3n) is 2.50. The number of halogens is 6. The van der Waals surface area contributed by atoms with Gasteiger partial charge in [0.1, 0.15) is 18.5 Å². The second-order valence-corrected chi connectivity index (χ2v) is 9.24. The fourth-order valence-corrected chi connectivity index (χ4v) is 1.73. The van der Waals surface area contributed by atoms with Crippen molar-refractivity contribution in [2.24, 2.45) is 0 Å². The Morgan fingerprint density at radius 3 is 1.88 bits per heavy atom. The number of hydrogen-bond acceptors (Lipinski definition) is 5. The van der Waals surface area contributed by atoms with E-state index in [0.717, 1.165) is 0 Å². The normalized spacial score (nSPS) is 16.5. The molecule has 0 aliphatic heterocycles. The molecule has 138 valence electrons. The Morgan fingerprint density at radius 2 is 1.38 bits per heavy atom. The van der Waals surface area contributed by atoms with E-state index in [1.54, 1.807) is 24.3 Å². The zero-order chi connectivity index (χ0) is 18.4. The van der Waals surface area contributed by atoms with Crippen LogP contribution in [-0.4, -0.2) is 49.7 Å². The van der Waals surface area contributed by atoms with Crippen LogP contribution in [0.3, 0.4) is 0 Å². The van der Waals surface area contributed by atoms with Crippen molar-refractivity contribution in [2.45, 2.75) is 26.3 Å². The number of hydrogen-bond donors (Lipinski definition) is 2. The molecule has 1 rings (SSSR count). The van der Waals surface area contributed by atoms with Crippen LogP contribution in [0.1, 0.15) is 0 Å². The van der Waals surface area contributed by atoms with Gasteiger partial charge in [0, 0.05) is 0 Å². The lowest BCUT2D eigenvalue weighted by Gasteiger charge is -2.27. The number of ether oxygens (including phenoxy) is 3. The van der Waals surface area contributed by atoms with Crippen molar-refractivity contribution in [3.63, 3.8) is 0 Å². The first kappa shape index (κ1) is 22.6. The lowest BCUT2D eigenvalue weighted by molar-refractivity contribution is -0.184. The predicted octanol–water partition coefficient (Wildman–Crippen LogP) is 3.84. The second kappa shape index (κ2) is 10.1. The Kier molecular flexibility index (Phi) is 9.50. The van der Waals surface area contributed by atoms with Crippen molar-refractivity contribution >= 4 is 69.6 Å². The summed E-state index contributed by atoms with van der Waals surface area (Å²) in [5.41, 5.74) is 0. The summed E-state index contributed by atoms with van der Waals surface area (Å²) < 4.78 is 11.5. The van der Waals surface area contributed by atoms with Gasteiger partial charge in [-0.3, -0.25) is 0 Å². The molecule has 0 heterocycles. The minimum atomic E-state index is -2.08. The molecule has 0 saturated carbocycles. The molecular weight excluding hydrogens is 449 g/mol. The van der Waals surface area contributed by atoms with E-state index < -0.39 is 26.3 Å². The highest BCUT2D eigenvalue weighted by molar-refractivity contribution is 6.68. The van der Waals surface area contributed by atoms with Crippen molar-refractivity contribution < 1.29 is 24.4 Å². The van der Waals surface area contributed by atoms with E-state index in [9.17, 15) is 10.2 Å². The van der Waals surface area contributed by atoms with E-state index in [4.69, 9.17) is 83.8 Å². The standard InChI is InChI=1S/C13H14Cl6O5/c14-12(15,16)10(20)23-7-9(24-11(21)13(17,18)19)6-22-8-4-2-1-3-5-8/h1-5,9-11,20-21H,6-7H2. The molecule has 0 spiro atoms. The minimum Gasteiger partial charge on any atom is -0.491 e. The summed E-state index contributed by atoms with van der Waals surface area (Å²) in [6.07, 6.45) is -4.42. The molecule has 5 nitrogen and oxygen atoms in total. The Labute approximate surface area is 169 Å². The summed E-state index contributed by atoms with van der Waals surface area (Å²) in [6, 6.07) is 8.77. The van der Waals surface area contributed by atoms with Crippen LogP contribution in [0, 0.1) is 0 Å². The average molecular weight is 463 g/mol. The van der Waals surface area contributed by atoms with Gasteiger partial charge in [-0.15, -0.1) is 0 Å². The van der Waals surface area contributed by atoms with Crippen LogP contribution in [0.5, 0.6) is 5.75 Å². The summed E-state index contributed by atoms with van der Waals surface area (Å²) in [4.78, 5) is 0. The van der Waals surface area contributed by atoms with Gasteiger partial charge in [-0.05, 0) is 12.1 Å². The molecule has 0 aromatic heterocycles. The fourth-order valence-electron chi connectivity index (χ4n) is 1.38. The highest BCUT2D eigenvalue weighted by atomic mass is 35.6.